The molecule has 5 nitrogen and oxygen atoms in total. The summed E-state index contributed by atoms with van der Waals surface area (Å²) in [5.41, 5.74) is 2.18. The topological polar surface area (TPSA) is 51.4 Å². The highest BCUT2D eigenvalue weighted by Gasteiger charge is 2.19. The summed E-state index contributed by atoms with van der Waals surface area (Å²) < 4.78 is 28.2. The molecule has 0 radical (unpaired) electrons. The van der Waals surface area contributed by atoms with Gasteiger partial charge in [-0.05, 0) is 73.9 Å². The number of amides is 1. The van der Waals surface area contributed by atoms with Crippen LogP contribution in [0.15, 0.2) is 54.6 Å². The number of hydrogen-bond donors (Lipinski definition) is 2. The Bertz CT molecular complexity index is 993. The lowest BCUT2D eigenvalue weighted by molar-refractivity contribution is -0.903. The van der Waals surface area contributed by atoms with Crippen LogP contribution in [0.3, 0.4) is 0 Å². The summed E-state index contributed by atoms with van der Waals surface area (Å²) in [6.07, 6.45) is 3.77. The van der Waals surface area contributed by atoms with Gasteiger partial charge in [0.1, 0.15) is 17.3 Å². The fourth-order valence-electron chi connectivity index (χ4n) is 3.83. The van der Waals surface area contributed by atoms with Crippen molar-refractivity contribution in [2.24, 2.45) is 0 Å². The number of piperidine rings is 1. The third-order valence-corrected chi connectivity index (χ3v) is 5.48. The number of likely N-dealkylation sites (tertiary alicyclic amines) is 1. The number of hydrogen-bond acceptors (Lipinski definition) is 2. The minimum absolute atomic E-state index is 0.239. The van der Waals surface area contributed by atoms with Crippen LogP contribution in [0.25, 0.3) is 16.9 Å². The Balaban J connectivity index is 1.56. The maximum Gasteiger partial charge on any atom is 0.270 e. The molecule has 30 heavy (non-hydrogen) atoms. The molecule has 0 saturated carbocycles. The molecule has 1 saturated heterocycles. The molecule has 0 bridgehead atoms. The van der Waals surface area contributed by atoms with E-state index in [9.17, 15) is 13.6 Å². The summed E-state index contributed by atoms with van der Waals surface area (Å²) in [5.74, 6) is -0.938. The van der Waals surface area contributed by atoms with Crippen LogP contribution in [-0.2, 0) is 0 Å². The van der Waals surface area contributed by atoms with Crippen LogP contribution in [0.5, 0.6) is 0 Å². The van der Waals surface area contributed by atoms with Crippen molar-refractivity contribution in [3.8, 4) is 16.9 Å². The molecule has 3 aromatic rings. The molecule has 0 spiro atoms. The number of halogens is 2. The maximum absolute atomic E-state index is 13.4. The highest BCUT2D eigenvalue weighted by Crippen LogP contribution is 2.22. The Kier molecular flexibility index (Phi) is 6.18. The standard InChI is InChI=1S/C23H24F2N4O/c24-18-6-4-17(5-7-18)21-16-22(29(27-21)20-10-8-19(25)9-11-20)23(30)26-12-15-28-13-2-1-3-14-28/h4-11,16H,1-3,12-15H2,(H,26,30)/p+1. The van der Waals surface area contributed by atoms with Gasteiger partial charge in [-0.1, -0.05) is 0 Å². The van der Waals surface area contributed by atoms with E-state index < -0.39 is 0 Å². The van der Waals surface area contributed by atoms with Crippen LogP contribution >= 0.6 is 0 Å². The summed E-state index contributed by atoms with van der Waals surface area (Å²) in [5, 5.41) is 7.52. The fourth-order valence-corrected chi connectivity index (χ4v) is 3.83. The fraction of sp³-hybridized carbons (Fsp3) is 0.304. The normalized spacial score (nSPS) is 14.6. The van der Waals surface area contributed by atoms with Gasteiger partial charge in [0.2, 0.25) is 0 Å². The quantitative estimate of drug-likeness (QED) is 0.655. The van der Waals surface area contributed by atoms with E-state index in [2.05, 4.69) is 10.4 Å². The van der Waals surface area contributed by atoms with Gasteiger partial charge in [0.05, 0.1) is 37.6 Å². The third kappa shape index (κ3) is 4.74. The second-order valence-electron chi connectivity index (χ2n) is 7.63. The Morgan fingerprint density at radius 2 is 1.60 bits per heavy atom. The number of benzene rings is 2. The average Bonchev–Trinajstić information content (AvgIpc) is 3.21. The molecular weight excluding hydrogens is 386 g/mol. The zero-order valence-corrected chi connectivity index (χ0v) is 16.7. The number of rotatable bonds is 6. The average molecular weight is 411 g/mol. The summed E-state index contributed by atoms with van der Waals surface area (Å²) in [6.45, 7) is 3.77. The predicted molar refractivity (Wildman–Crippen MR) is 111 cm³/mol. The van der Waals surface area contributed by atoms with Crippen LogP contribution in [-0.4, -0.2) is 41.9 Å². The van der Waals surface area contributed by atoms with Gasteiger partial charge in [-0.2, -0.15) is 5.10 Å². The van der Waals surface area contributed by atoms with Crippen LogP contribution in [0, 0.1) is 11.6 Å². The Morgan fingerprint density at radius 3 is 2.27 bits per heavy atom. The van der Waals surface area contributed by atoms with E-state index in [1.165, 1.54) is 53.1 Å². The van der Waals surface area contributed by atoms with Crippen molar-refractivity contribution in [3.63, 3.8) is 0 Å². The molecule has 2 heterocycles. The van der Waals surface area contributed by atoms with E-state index >= 15 is 0 Å². The SMILES string of the molecule is O=C(NCC[NH+]1CCCCC1)c1cc(-c2ccc(F)cc2)nn1-c1ccc(F)cc1. The number of carbonyl (C=O) groups is 1. The number of aromatic nitrogens is 2. The van der Waals surface area contributed by atoms with Gasteiger partial charge in [0, 0.05) is 5.56 Å². The second kappa shape index (κ2) is 9.17. The van der Waals surface area contributed by atoms with Crippen LogP contribution in [0.1, 0.15) is 29.8 Å². The largest absolute Gasteiger partial charge is 0.345 e. The molecule has 7 heteroatoms. The highest BCUT2D eigenvalue weighted by molar-refractivity contribution is 5.94. The molecule has 0 unspecified atom stereocenters. The van der Waals surface area contributed by atoms with Gasteiger partial charge >= 0.3 is 0 Å². The smallest absolute Gasteiger partial charge is 0.270 e. The van der Waals surface area contributed by atoms with Crippen molar-refractivity contribution in [2.45, 2.75) is 19.3 Å². The predicted octanol–water partition coefficient (Wildman–Crippen LogP) is 2.62. The van der Waals surface area contributed by atoms with Crippen molar-refractivity contribution in [2.75, 3.05) is 26.2 Å². The molecular formula is C23H25F2N4O+. The second-order valence-corrected chi connectivity index (χ2v) is 7.63. The Hall–Kier alpha value is -3.06. The van der Waals surface area contributed by atoms with E-state index in [0.29, 0.717) is 29.2 Å². The summed E-state index contributed by atoms with van der Waals surface area (Å²) >= 11 is 0. The van der Waals surface area contributed by atoms with E-state index in [-0.39, 0.29) is 17.5 Å². The number of nitrogens with zero attached hydrogens (tertiary/aromatic N) is 2. The lowest BCUT2D eigenvalue weighted by atomic mass is 10.1. The molecule has 0 aliphatic carbocycles. The summed E-state index contributed by atoms with van der Waals surface area (Å²) in [7, 11) is 0. The summed E-state index contributed by atoms with van der Waals surface area (Å²) in [6, 6.07) is 13.4. The van der Waals surface area contributed by atoms with E-state index in [1.54, 1.807) is 30.3 Å². The lowest BCUT2D eigenvalue weighted by Crippen LogP contribution is -3.13. The number of quaternary nitrogens is 1. The van der Waals surface area contributed by atoms with E-state index in [0.717, 1.165) is 19.6 Å². The van der Waals surface area contributed by atoms with Crippen LogP contribution in [0.4, 0.5) is 8.78 Å². The molecule has 1 amide bonds. The third-order valence-electron chi connectivity index (χ3n) is 5.48. The molecule has 1 aliphatic heterocycles. The van der Waals surface area contributed by atoms with Gasteiger partial charge in [-0.25, -0.2) is 13.5 Å². The highest BCUT2D eigenvalue weighted by atomic mass is 19.1. The van der Waals surface area contributed by atoms with Crippen LogP contribution < -0.4 is 10.2 Å². The molecule has 1 aromatic heterocycles. The molecule has 1 fully saturated rings. The molecule has 2 N–H and O–H groups in total. The van der Waals surface area contributed by atoms with Crippen LogP contribution in [0.2, 0.25) is 0 Å². The first-order chi connectivity index (χ1) is 14.6. The molecule has 0 atom stereocenters. The molecule has 1 aliphatic rings. The number of nitrogens with one attached hydrogen (secondary N) is 2. The van der Waals surface area contributed by atoms with E-state index in [1.807, 2.05) is 0 Å². The van der Waals surface area contributed by atoms with Crippen molar-refractivity contribution in [3.05, 3.63) is 71.9 Å². The first kappa shape index (κ1) is 20.2. The minimum Gasteiger partial charge on any atom is -0.345 e. The molecule has 2 aromatic carbocycles. The van der Waals surface area contributed by atoms with Gasteiger partial charge in [0.25, 0.3) is 5.91 Å². The first-order valence-corrected chi connectivity index (χ1v) is 10.3. The lowest BCUT2D eigenvalue weighted by Gasteiger charge is -2.23. The minimum atomic E-state index is -0.361. The first-order valence-electron chi connectivity index (χ1n) is 10.3. The summed E-state index contributed by atoms with van der Waals surface area (Å²) in [4.78, 5) is 14.4. The Morgan fingerprint density at radius 1 is 0.967 bits per heavy atom. The molecule has 4 rings (SSSR count). The maximum atomic E-state index is 13.4. The zero-order chi connectivity index (χ0) is 20.9. The van der Waals surface area contributed by atoms with Crippen molar-refractivity contribution < 1.29 is 18.5 Å². The Labute approximate surface area is 174 Å². The van der Waals surface area contributed by atoms with Gasteiger partial charge in [0.15, 0.2) is 0 Å². The van der Waals surface area contributed by atoms with Gasteiger partial charge in [-0.3, -0.25) is 4.79 Å². The van der Waals surface area contributed by atoms with Crippen molar-refractivity contribution >= 4 is 5.91 Å². The number of carbonyl (C=O) groups excluding carboxylic acids is 1. The van der Waals surface area contributed by atoms with Gasteiger partial charge in [-0.15, -0.1) is 0 Å². The van der Waals surface area contributed by atoms with Crippen molar-refractivity contribution in [1.82, 2.24) is 15.1 Å². The van der Waals surface area contributed by atoms with Crippen molar-refractivity contribution in [1.29, 1.82) is 0 Å². The van der Waals surface area contributed by atoms with Gasteiger partial charge < -0.3 is 10.2 Å². The van der Waals surface area contributed by atoms with E-state index in [4.69, 9.17) is 0 Å². The monoisotopic (exact) mass is 411 g/mol. The molecule has 156 valence electrons. The zero-order valence-electron chi connectivity index (χ0n) is 16.7.